The molecule has 0 radical (unpaired) electrons. The summed E-state index contributed by atoms with van der Waals surface area (Å²) in [6.45, 7) is 1.85. The van der Waals surface area contributed by atoms with E-state index in [1.807, 2.05) is 47.6 Å². The number of amides is 1. The molecule has 0 fully saturated rings. The van der Waals surface area contributed by atoms with Gasteiger partial charge in [0.1, 0.15) is 9.88 Å². The lowest BCUT2D eigenvalue weighted by molar-refractivity contribution is 0.100. The highest BCUT2D eigenvalue weighted by Gasteiger charge is 2.16. The van der Waals surface area contributed by atoms with Crippen LogP contribution in [-0.4, -0.2) is 15.5 Å². The van der Waals surface area contributed by atoms with Gasteiger partial charge in [0.15, 0.2) is 4.80 Å². The highest BCUT2D eigenvalue weighted by molar-refractivity contribution is 7.22. The van der Waals surface area contributed by atoms with Gasteiger partial charge in [0.2, 0.25) is 0 Å². The summed E-state index contributed by atoms with van der Waals surface area (Å²) in [4.78, 5) is 23.3. The van der Waals surface area contributed by atoms with E-state index < -0.39 is 0 Å². The van der Waals surface area contributed by atoms with Crippen molar-refractivity contribution in [3.8, 4) is 9.88 Å². The molecule has 20 heavy (non-hydrogen) atoms. The SMILES string of the molecule is Cc1nc(-c2cccs2)sc1C(=O)N=c1sccn1C. The normalized spacial score (nSPS) is 12.0. The molecule has 0 N–H and O–H groups in total. The number of nitrogens with zero attached hydrogens (tertiary/aromatic N) is 3. The predicted octanol–water partition coefficient (Wildman–Crippen LogP) is 3.32. The van der Waals surface area contributed by atoms with Crippen LogP contribution in [0.1, 0.15) is 15.4 Å². The van der Waals surface area contributed by atoms with Gasteiger partial charge in [-0.15, -0.1) is 34.0 Å². The molecule has 0 aromatic carbocycles. The van der Waals surface area contributed by atoms with Crippen molar-refractivity contribution in [1.29, 1.82) is 0 Å². The molecule has 0 unspecified atom stereocenters. The van der Waals surface area contributed by atoms with Crippen LogP contribution in [0.5, 0.6) is 0 Å². The molecule has 7 heteroatoms. The Balaban J connectivity index is 1.99. The molecule has 0 aliphatic heterocycles. The molecule has 0 spiro atoms. The number of thiophene rings is 1. The van der Waals surface area contributed by atoms with Gasteiger partial charge < -0.3 is 4.57 Å². The van der Waals surface area contributed by atoms with Crippen LogP contribution >= 0.6 is 34.0 Å². The van der Waals surface area contributed by atoms with Crippen LogP contribution in [0.15, 0.2) is 34.1 Å². The summed E-state index contributed by atoms with van der Waals surface area (Å²) in [6, 6.07) is 3.99. The summed E-state index contributed by atoms with van der Waals surface area (Å²) in [5.41, 5.74) is 0.742. The molecule has 4 nitrogen and oxygen atoms in total. The number of rotatable bonds is 2. The van der Waals surface area contributed by atoms with Gasteiger partial charge in [0.25, 0.3) is 5.91 Å². The molecule has 0 bridgehead atoms. The average molecular weight is 321 g/mol. The van der Waals surface area contributed by atoms with Gasteiger partial charge in [-0.2, -0.15) is 4.99 Å². The fraction of sp³-hybridized carbons (Fsp3) is 0.154. The van der Waals surface area contributed by atoms with Crippen LogP contribution in [0.2, 0.25) is 0 Å². The summed E-state index contributed by atoms with van der Waals surface area (Å²) in [7, 11) is 1.87. The molecule has 3 aromatic heterocycles. The lowest BCUT2D eigenvalue weighted by Gasteiger charge is -1.91. The van der Waals surface area contributed by atoms with Crippen molar-refractivity contribution in [2.75, 3.05) is 0 Å². The summed E-state index contributed by atoms with van der Waals surface area (Å²) < 4.78 is 1.83. The summed E-state index contributed by atoms with van der Waals surface area (Å²) in [6.07, 6.45) is 1.88. The lowest BCUT2D eigenvalue weighted by atomic mass is 10.4. The molecule has 0 aliphatic carbocycles. The van der Waals surface area contributed by atoms with E-state index in [1.54, 1.807) is 11.3 Å². The zero-order chi connectivity index (χ0) is 14.1. The summed E-state index contributed by atoms with van der Waals surface area (Å²) in [5.74, 6) is -0.221. The quantitative estimate of drug-likeness (QED) is 0.727. The van der Waals surface area contributed by atoms with Gasteiger partial charge in [-0.1, -0.05) is 6.07 Å². The van der Waals surface area contributed by atoms with E-state index in [9.17, 15) is 4.79 Å². The maximum atomic E-state index is 12.3. The second-order valence-electron chi connectivity index (χ2n) is 4.12. The Kier molecular flexibility index (Phi) is 3.64. The van der Waals surface area contributed by atoms with Crippen LogP contribution in [0.3, 0.4) is 0 Å². The van der Waals surface area contributed by atoms with Gasteiger partial charge in [0.05, 0.1) is 10.6 Å². The van der Waals surface area contributed by atoms with Gasteiger partial charge in [-0.25, -0.2) is 4.98 Å². The molecule has 3 heterocycles. The van der Waals surface area contributed by atoms with Crippen molar-refractivity contribution in [2.45, 2.75) is 6.92 Å². The van der Waals surface area contributed by atoms with Crippen molar-refractivity contribution < 1.29 is 4.79 Å². The Morgan fingerprint density at radius 3 is 2.85 bits per heavy atom. The molecule has 102 valence electrons. The Morgan fingerprint density at radius 1 is 1.35 bits per heavy atom. The Bertz CT molecular complexity index is 808. The number of thiazole rings is 2. The van der Waals surface area contributed by atoms with Crippen molar-refractivity contribution in [2.24, 2.45) is 12.0 Å². The number of hydrogen-bond acceptors (Lipinski definition) is 5. The standard InChI is InChI=1S/C13H11N3OS3/c1-8-10(11(17)15-13-16(2)5-7-19-13)20-12(14-8)9-4-3-6-18-9/h3-7H,1-2H3. The van der Waals surface area contributed by atoms with Crippen molar-refractivity contribution >= 4 is 39.9 Å². The van der Waals surface area contributed by atoms with Crippen LogP contribution in [0, 0.1) is 6.92 Å². The van der Waals surface area contributed by atoms with Gasteiger partial charge in [-0.3, -0.25) is 4.79 Å². The monoisotopic (exact) mass is 321 g/mol. The van der Waals surface area contributed by atoms with Crippen molar-refractivity contribution in [3.05, 3.63) is 44.5 Å². The van der Waals surface area contributed by atoms with Crippen LogP contribution in [-0.2, 0) is 7.05 Å². The van der Waals surface area contributed by atoms with E-state index in [0.29, 0.717) is 9.68 Å². The van der Waals surface area contributed by atoms with E-state index in [0.717, 1.165) is 15.6 Å². The third kappa shape index (κ3) is 2.52. The number of aryl methyl sites for hydroxylation is 2. The van der Waals surface area contributed by atoms with Crippen molar-refractivity contribution in [3.63, 3.8) is 0 Å². The molecule has 3 aromatic rings. The van der Waals surface area contributed by atoms with E-state index in [2.05, 4.69) is 9.98 Å². The van der Waals surface area contributed by atoms with Crippen LogP contribution in [0.25, 0.3) is 9.88 Å². The third-order valence-electron chi connectivity index (χ3n) is 2.68. The van der Waals surface area contributed by atoms with E-state index in [1.165, 1.54) is 22.7 Å². The van der Waals surface area contributed by atoms with Crippen LogP contribution in [0.4, 0.5) is 0 Å². The first-order chi connectivity index (χ1) is 9.65. The molecule has 0 atom stereocenters. The highest BCUT2D eigenvalue weighted by atomic mass is 32.1. The minimum Gasteiger partial charge on any atom is -0.327 e. The number of aromatic nitrogens is 2. The summed E-state index contributed by atoms with van der Waals surface area (Å²) in [5, 5.41) is 4.79. The minimum atomic E-state index is -0.221. The fourth-order valence-electron chi connectivity index (χ4n) is 1.67. The van der Waals surface area contributed by atoms with Crippen LogP contribution < -0.4 is 4.80 Å². The second kappa shape index (κ2) is 5.43. The zero-order valence-corrected chi connectivity index (χ0v) is 13.3. The molecule has 0 saturated heterocycles. The zero-order valence-electron chi connectivity index (χ0n) is 10.9. The molecule has 0 saturated carbocycles. The molecule has 3 rings (SSSR count). The van der Waals surface area contributed by atoms with Gasteiger partial charge >= 0.3 is 0 Å². The number of carbonyl (C=O) groups excluding carboxylic acids is 1. The van der Waals surface area contributed by atoms with E-state index >= 15 is 0 Å². The first-order valence-corrected chi connectivity index (χ1v) is 8.43. The predicted molar refractivity (Wildman–Crippen MR) is 83.3 cm³/mol. The fourth-order valence-corrected chi connectivity index (χ4v) is 4.15. The third-order valence-corrected chi connectivity index (χ3v) is 5.71. The van der Waals surface area contributed by atoms with Gasteiger partial charge in [0, 0.05) is 18.6 Å². The Labute approximate surface area is 127 Å². The lowest BCUT2D eigenvalue weighted by Crippen LogP contribution is -2.12. The van der Waals surface area contributed by atoms with Gasteiger partial charge in [-0.05, 0) is 18.4 Å². The molecular formula is C13H11N3OS3. The summed E-state index contributed by atoms with van der Waals surface area (Å²) >= 11 is 4.47. The molecular weight excluding hydrogens is 310 g/mol. The maximum absolute atomic E-state index is 12.3. The van der Waals surface area contributed by atoms with E-state index in [4.69, 9.17) is 0 Å². The minimum absolute atomic E-state index is 0.221. The largest absolute Gasteiger partial charge is 0.327 e. The number of carbonyl (C=O) groups is 1. The second-order valence-corrected chi connectivity index (χ2v) is 6.94. The topological polar surface area (TPSA) is 47.2 Å². The maximum Gasteiger partial charge on any atom is 0.291 e. The van der Waals surface area contributed by atoms with E-state index in [-0.39, 0.29) is 5.91 Å². The Hall–Kier alpha value is -1.57. The number of hydrogen-bond donors (Lipinski definition) is 0. The Morgan fingerprint density at radius 2 is 2.20 bits per heavy atom. The molecule has 1 amide bonds. The molecule has 0 aliphatic rings. The first-order valence-electron chi connectivity index (χ1n) is 5.85. The smallest absolute Gasteiger partial charge is 0.291 e. The first kappa shape index (κ1) is 13.4. The highest BCUT2D eigenvalue weighted by Crippen LogP contribution is 2.31. The average Bonchev–Trinajstić information content (AvgIpc) is 3.11. The van der Waals surface area contributed by atoms with Crippen molar-refractivity contribution in [1.82, 2.24) is 9.55 Å².